The van der Waals surface area contributed by atoms with E-state index < -0.39 is 0 Å². The Morgan fingerprint density at radius 3 is 2.57 bits per heavy atom. The Kier molecular flexibility index (Phi) is 8.24. The molecule has 1 atom stereocenters. The Labute approximate surface area is 172 Å². The van der Waals surface area contributed by atoms with E-state index in [1.807, 2.05) is 0 Å². The van der Waals surface area contributed by atoms with Gasteiger partial charge in [0.2, 0.25) is 0 Å². The van der Waals surface area contributed by atoms with Gasteiger partial charge in [-0.3, -0.25) is 0 Å². The Bertz CT molecular complexity index is 753. The van der Waals surface area contributed by atoms with E-state index in [2.05, 4.69) is 58.7 Å². The fourth-order valence-corrected chi connectivity index (χ4v) is 4.33. The van der Waals surface area contributed by atoms with E-state index in [-0.39, 0.29) is 11.3 Å². The summed E-state index contributed by atoms with van der Waals surface area (Å²) in [5, 5.41) is 3.18. The van der Waals surface area contributed by atoms with Crippen LogP contribution in [0, 0.1) is 0 Å². The Morgan fingerprint density at radius 1 is 1.25 bits per heavy atom. The zero-order chi connectivity index (χ0) is 20.7. The van der Waals surface area contributed by atoms with Crippen LogP contribution in [-0.4, -0.2) is 31.9 Å². The van der Waals surface area contributed by atoms with E-state index >= 15 is 0 Å². The van der Waals surface area contributed by atoms with Crippen molar-refractivity contribution in [1.82, 2.24) is 5.32 Å². The third-order valence-corrected chi connectivity index (χ3v) is 6.28. The summed E-state index contributed by atoms with van der Waals surface area (Å²) in [4.78, 5) is 12.6. The number of amides is 1. The zero-order valence-electron chi connectivity index (χ0n) is 18.3. The molecule has 1 aliphatic carbocycles. The molecule has 0 aliphatic heterocycles. The van der Waals surface area contributed by atoms with E-state index in [1.54, 1.807) is 0 Å². The molecule has 0 heterocycles. The van der Waals surface area contributed by atoms with Crippen LogP contribution in [0.5, 0.6) is 0 Å². The summed E-state index contributed by atoms with van der Waals surface area (Å²) in [7, 11) is 4.21. The molecule has 0 bridgehead atoms. The predicted octanol–water partition coefficient (Wildman–Crippen LogP) is 3.69. The van der Waals surface area contributed by atoms with Crippen LogP contribution in [0.4, 0.5) is 0 Å². The Morgan fingerprint density at radius 2 is 1.96 bits per heavy atom. The van der Waals surface area contributed by atoms with Gasteiger partial charge in [0.1, 0.15) is 0 Å². The summed E-state index contributed by atoms with van der Waals surface area (Å²) in [5.41, 5.74) is 13.1. The van der Waals surface area contributed by atoms with Crippen LogP contribution in [-0.2, 0) is 16.6 Å². The molecule has 0 radical (unpaired) electrons. The van der Waals surface area contributed by atoms with E-state index in [0.717, 1.165) is 49.6 Å². The van der Waals surface area contributed by atoms with Crippen molar-refractivity contribution in [2.75, 3.05) is 13.1 Å². The van der Waals surface area contributed by atoms with Gasteiger partial charge in [0.05, 0.1) is 0 Å². The minimum atomic E-state index is -0.0847. The van der Waals surface area contributed by atoms with Crippen LogP contribution in [0.2, 0.25) is 0 Å². The van der Waals surface area contributed by atoms with Gasteiger partial charge in [-0.15, -0.1) is 0 Å². The average Bonchev–Trinajstić information content (AvgIpc) is 2.67. The van der Waals surface area contributed by atoms with Gasteiger partial charge in [-0.2, -0.15) is 0 Å². The number of nitrogens with two attached hydrogens (primary N) is 1. The summed E-state index contributed by atoms with van der Waals surface area (Å²) < 4.78 is 0. The molecule has 0 fully saturated rings. The first-order valence-corrected chi connectivity index (χ1v) is 10.8. The van der Waals surface area contributed by atoms with Crippen molar-refractivity contribution < 1.29 is 4.79 Å². The first-order chi connectivity index (χ1) is 13.3. The fourth-order valence-electron chi connectivity index (χ4n) is 4.33. The van der Waals surface area contributed by atoms with Crippen LogP contribution in [0.25, 0.3) is 0 Å². The van der Waals surface area contributed by atoms with Crippen LogP contribution in [0.3, 0.4) is 0 Å². The second-order valence-corrected chi connectivity index (χ2v) is 8.59. The standard InChI is InChI=1S/C24H37BN2O/c1-5-19-10-11-22(21(16-19)18(3)25)24(4,12-14-26)13-15-27-23(28)20-9-7-6-8-17(20)2/h10-11,16,25H,5-9,12-15,26H2,1-4H3,(H,27,28). The maximum atomic E-state index is 12.6. The molecule has 1 unspecified atom stereocenters. The van der Waals surface area contributed by atoms with Gasteiger partial charge < -0.3 is 0 Å². The van der Waals surface area contributed by atoms with Crippen LogP contribution in [0.1, 0.15) is 82.9 Å². The van der Waals surface area contributed by atoms with Gasteiger partial charge in [0.25, 0.3) is 0 Å². The normalized spacial score (nSPS) is 16.6. The van der Waals surface area contributed by atoms with E-state index in [0.29, 0.717) is 13.1 Å². The van der Waals surface area contributed by atoms with E-state index in [1.165, 1.54) is 28.7 Å². The monoisotopic (exact) mass is 380 g/mol. The molecule has 1 amide bonds. The van der Waals surface area contributed by atoms with Crippen molar-refractivity contribution in [1.29, 1.82) is 0 Å². The Hall–Kier alpha value is -1.68. The molecular formula is C24H37BN2O. The number of allylic oxidation sites excluding steroid dienone is 1. The third kappa shape index (κ3) is 5.44. The van der Waals surface area contributed by atoms with Gasteiger partial charge in [-0.05, 0) is 0 Å². The summed E-state index contributed by atoms with van der Waals surface area (Å²) in [6.45, 7) is 9.90. The van der Waals surface area contributed by atoms with E-state index in [4.69, 9.17) is 5.73 Å². The molecule has 0 aromatic heterocycles. The van der Waals surface area contributed by atoms with Crippen LogP contribution < -0.4 is 11.1 Å². The van der Waals surface area contributed by atoms with Crippen molar-refractivity contribution in [2.24, 2.45) is 5.73 Å². The molecule has 0 spiro atoms. The molecule has 3 N–H and O–H groups in total. The van der Waals surface area contributed by atoms with Gasteiger partial charge in [0, 0.05) is 0 Å². The molecule has 2 rings (SSSR count). The number of hydrogen-bond acceptors (Lipinski definition) is 2. The summed E-state index contributed by atoms with van der Waals surface area (Å²) >= 11 is 0. The van der Waals surface area contributed by atoms with E-state index in [9.17, 15) is 4.79 Å². The Balaban J connectivity index is 2.17. The molecule has 1 aliphatic rings. The maximum absolute atomic E-state index is 12.6. The quantitative estimate of drug-likeness (QED) is 0.642. The summed E-state index contributed by atoms with van der Waals surface area (Å²) in [6.07, 6.45) is 7.06. The zero-order valence-corrected chi connectivity index (χ0v) is 18.3. The second kappa shape index (κ2) is 10.2. The topological polar surface area (TPSA) is 55.1 Å². The van der Waals surface area contributed by atoms with Gasteiger partial charge in [-0.25, -0.2) is 0 Å². The number of hydrogen-bond donors (Lipinski definition) is 2. The number of benzene rings is 1. The number of carbonyl (C=O) groups is 1. The fraction of sp³-hybridized carbons (Fsp3) is 0.583. The molecule has 152 valence electrons. The average molecular weight is 380 g/mol. The van der Waals surface area contributed by atoms with Crippen LogP contribution in [0.15, 0.2) is 29.3 Å². The summed E-state index contributed by atoms with van der Waals surface area (Å²) in [5.74, 6) is 0.119. The molecule has 28 heavy (non-hydrogen) atoms. The van der Waals surface area contributed by atoms with Crippen molar-refractivity contribution in [2.45, 2.75) is 78.1 Å². The molecule has 0 saturated carbocycles. The first-order valence-electron chi connectivity index (χ1n) is 10.8. The van der Waals surface area contributed by atoms with Crippen molar-refractivity contribution in [3.63, 3.8) is 0 Å². The SMILES string of the molecule is B=C(C)c1cc(CC)ccc1C(C)(CCN)CCNC(=O)C1=C(C)CCCC1. The molecule has 1 aromatic rings. The molecule has 4 heteroatoms. The van der Waals surface area contributed by atoms with Gasteiger partial charge >= 0.3 is 172 Å². The van der Waals surface area contributed by atoms with Gasteiger partial charge in [0.15, 0.2) is 0 Å². The third-order valence-electron chi connectivity index (χ3n) is 6.28. The second-order valence-electron chi connectivity index (χ2n) is 8.59. The number of carbonyl (C=O) groups excluding carboxylic acids is 1. The predicted molar refractivity (Wildman–Crippen MR) is 123 cm³/mol. The molecular weight excluding hydrogens is 343 g/mol. The molecule has 1 aromatic carbocycles. The van der Waals surface area contributed by atoms with Gasteiger partial charge in [-0.1, -0.05) is 0 Å². The number of aryl methyl sites for hydroxylation is 1. The summed E-state index contributed by atoms with van der Waals surface area (Å²) in [6, 6.07) is 6.72. The number of nitrogens with one attached hydrogen (secondary N) is 1. The minimum absolute atomic E-state index is 0.0847. The van der Waals surface area contributed by atoms with Crippen LogP contribution >= 0.6 is 0 Å². The van der Waals surface area contributed by atoms with Crippen molar-refractivity contribution >= 4 is 18.9 Å². The number of rotatable bonds is 9. The van der Waals surface area contributed by atoms with Crippen molar-refractivity contribution in [3.05, 3.63) is 46.0 Å². The first kappa shape index (κ1) is 22.6. The molecule has 0 saturated heterocycles. The molecule has 3 nitrogen and oxygen atoms in total. The van der Waals surface area contributed by atoms with Crippen molar-refractivity contribution in [3.8, 4) is 0 Å².